The van der Waals surface area contributed by atoms with Gasteiger partial charge in [0.05, 0.1) is 6.61 Å². The molecule has 4 nitrogen and oxygen atoms in total. The van der Waals surface area contributed by atoms with Gasteiger partial charge in [-0.25, -0.2) is 4.98 Å². The van der Waals surface area contributed by atoms with Gasteiger partial charge >= 0.3 is 0 Å². The molecule has 0 radical (unpaired) electrons. The van der Waals surface area contributed by atoms with Crippen molar-refractivity contribution >= 4 is 0 Å². The highest BCUT2D eigenvalue weighted by Crippen LogP contribution is 2.25. The van der Waals surface area contributed by atoms with Gasteiger partial charge in [-0.15, -0.1) is 0 Å². The molecule has 0 fully saturated rings. The second kappa shape index (κ2) is 6.26. The van der Waals surface area contributed by atoms with Crippen LogP contribution in [0.1, 0.15) is 16.8 Å². The molecule has 0 saturated heterocycles. The molecule has 0 amide bonds. The Balaban J connectivity index is 1.36. The van der Waals surface area contributed by atoms with E-state index in [-0.39, 0.29) is 0 Å². The van der Waals surface area contributed by atoms with Crippen molar-refractivity contribution in [2.24, 2.45) is 0 Å². The maximum atomic E-state index is 5.54. The van der Waals surface area contributed by atoms with E-state index in [4.69, 9.17) is 4.74 Å². The molecule has 0 unspecified atom stereocenters. The number of nitrogens with one attached hydrogen (secondary N) is 2. The first-order valence-corrected chi connectivity index (χ1v) is 7.93. The fourth-order valence-corrected chi connectivity index (χ4v) is 2.88. The molecule has 2 heterocycles. The van der Waals surface area contributed by atoms with Crippen molar-refractivity contribution in [1.29, 1.82) is 0 Å². The van der Waals surface area contributed by atoms with Crippen LogP contribution in [0.25, 0.3) is 11.4 Å². The zero-order valence-corrected chi connectivity index (χ0v) is 12.9. The first-order valence-electron chi connectivity index (χ1n) is 7.93. The van der Waals surface area contributed by atoms with Gasteiger partial charge in [-0.2, -0.15) is 0 Å². The topological polar surface area (TPSA) is 49.9 Å². The third kappa shape index (κ3) is 3.12. The second-order valence-corrected chi connectivity index (χ2v) is 5.77. The van der Waals surface area contributed by atoms with E-state index in [0.29, 0.717) is 0 Å². The normalized spacial score (nSPS) is 12.9. The molecular weight excluding hydrogens is 286 g/mol. The van der Waals surface area contributed by atoms with Crippen LogP contribution in [0.3, 0.4) is 0 Å². The summed E-state index contributed by atoms with van der Waals surface area (Å²) in [5.74, 6) is 1.95. The Morgan fingerprint density at radius 3 is 2.91 bits per heavy atom. The number of fused-ring (bicyclic) bond motifs is 1. The number of nitrogens with zero attached hydrogens (tertiary/aromatic N) is 1. The molecule has 0 spiro atoms. The molecular formula is C19H19N3O. The molecule has 0 atom stereocenters. The number of benzene rings is 2. The molecule has 0 aliphatic carbocycles. The lowest BCUT2D eigenvalue weighted by Gasteiger charge is -2.05. The van der Waals surface area contributed by atoms with Crippen LogP contribution < -0.4 is 10.1 Å². The minimum absolute atomic E-state index is 0.771. The van der Waals surface area contributed by atoms with Gasteiger partial charge in [0, 0.05) is 37.0 Å². The Bertz CT molecular complexity index is 795. The lowest BCUT2D eigenvalue weighted by Crippen LogP contribution is -2.13. The van der Waals surface area contributed by atoms with E-state index in [1.165, 1.54) is 11.1 Å². The van der Waals surface area contributed by atoms with E-state index in [0.717, 1.165) is 48.9 Å². The van der Waals surface area contributed by atoms with Gasteiger partial charge in [-0.3, -0.25) is 0 Å². The average Bonchev–Trinajstić information content (AvgIpc) is 3.24. The van der Waals surface area contributed by atoms with Crippen molar-refractivity contribution in [3.8, 4) is 17.1 Å². The van der Waals surface area contributed by atoms with Crippen LogP contribution in [0, 0.1) is 0 Å². The summed E-state index contributed by atoms with van der Waals surface area (Å²) < 4.78 is 5.54. The smallest absolute Gasteiger partial charge is 0.137 e. The van der Waals surface area contributed by atoms with Crippen LogP contribution in [-0.2, 0) is 19.5 Å². The van der Waals surface area contributed by atoms with Gasteiger partial charge in [0.25, 0.3) is 0 Å². The van der Waals surface area contributed by atoms with Crippen LogP contribution in [0.15, 0.2) is 54.7 Å². The van der Waals surface area contributed by atoms with E-state index in [1.54, 1.807) is 0 Å². The molecule has 4 heteroatoms. The molecule has 2 aromatic carbocycles. The molecule has 2 N–H and O–H groups in total. The molecule has 1 aliphatic rings. The summed E-state index contributed by atoms with van der Waals surface area (Å²) in [6, 6.07) is 16.6. The minimum Gasteiger partial charge on any atom is -0.493 e. The van der Waals surface area contributed by atoms with Crippen LogP contribution >= 0.6 is 0 Å². The zero-order chi connectivity index (χ0) is 15.5. The average molecular weight is 305 g/mol. The summed E-state index contributed by atoms with van der Waals surface area (Å²) in [5, 5.41) is 3.46. The summed E-state index contributed by atoms with van der Waals surface area (Å²) in [4.78, 5) is 7.81. The summed E-state index contributed by atoms with van der Waals surface area (Å²) in [6.07, 6.45) is 2.91. The summed E-state index contributed by atoms with van der Waals surface area (Å²) >= 11 is 0. The Labute approximate surface area is 135 Å². The standard InChI is InChI=1S/C19H19N3O/c1-2-4-15(5-3-1)19-21-13-17(22-19)12-20-11-14-6-7-18-16(10-14)8-9-23-18/h1-7,10,13,20H,8-9,11-12H2,(H,21,22). The van der Waals surface area contributed by atoms with E-state index >= 15 is 0 Å². The third-order valence-electron chi connectivity index (χ3n) is 4.07. The number of aromatic nitrogens is 2. The Morgan fingerprint density at radius 1 is 1.09 bits per heavy atom. The van der Waals surface area contributed by atoms with E-state index in [9.17, 15) is 0 Å². The van der Waals surface area contributed by atoms with E-state index in [2.05, 4.69) is 45.6 Å². The van der Waals surface area contributed by atoms with Gasteiger partial charge in [-0.1, -0.05) is 42.5 Å². The molecule has 0 bridgehead atoms. The van der Waals surface area contributed by atoms with Crippen molar-refractivity contribution < 1.29 is 4.74 Å². The lowest BCUT2D eigenvalue weighted by atomic mass is 10.1. The lowest BCUT2D eigenvalue weighted by molar-refractivity contribution is 0.357. The number of aromatic amines is 1. The van der Waals surface area contributed by atoms with Crippen molar-refractivity contribution in [3.63, 3.8) is 0 Å². The molecule has 0 saturated carbocycles. The number of hydrogen-bond acceptors (Lipinski definition) is 3. The summed E-state index contributed by atoms with van der Waals surface area (Å²) in [5.41, 5.74) is 4.81. The first kappa shape index (κ1) is 14.0. The van der Waals surface area contributed by atoms with Gasteiger partial charge in [-0.05, 0) is 17.2 Å². The number of imidazole rings is 1. The fourth-order valence-electron chi connectivity index (χ4n) is 2.88. The quantitative estimate of drug-likeness (QED) is 0.760. The number of ether oxygens (including phenoxy) is 1. The van der Waals surface area contributed by atoms with Crippen molar-refractivity contribution in [1.82, 2.24) is 15.3 Å². The van der Waals surface area contributed by atoms with Crippen molar-refractivity contribution in [3.05, 3.63) is 71.5 Å². The van der Waals surface area contributed by atoms with Gasteiger partial charge in [0.15, 0.2) is 0 Å². The maximum Gasteiger partial charge on any atom is 0.137 e. The second-order valence-electron chi connectivity index (χ2n) is 5.77. The highest BCUT2D eigenvalue weighted by molar-refractivity contribution is 5.54. The van der Waals surface area contributed by atoms with Crippen molar-refractivity contribution in [2.75, 3.05) is 6.61 Å². The van der Waals surface area contributed by atoms with Crippen LogP contribution in [-0.4, -0.2) is 16.6 Å². The van der Waals surface area contributed by atoms with Gasteiger partial charge in [0.1, 0.15) is 11.6 Å². The monoisotopic (exact) mass is 305 g/mol. The Morgan fingerprint density at radius 2 is 2.00 bits per heavy atom. The predicted octanol–water partition coefficient (Wildman–Crippen LogP) is 3.30. The molecule has 1 aliphatic heterocycles. The number of rotatable bonds is 5. The van der Waals surface area contributed by atoms with Gasteiger partial charge in [0.2, 0.25) is 0 Å². The Hall–Kier alpha value is -2.59. The van der Waals surface area contributed by atoms with E-state index < -0.39 is 0 Å². The highest BCUT2D eigenvalue weighted by Gasteiger charge is 2.11. The summed E-state index contributed by atoms with van der Waals surface area (Å²) in [6.45, 7) is 2.42. The minimum atomic E-state index is 0.771. The number of hydrogen-bond donors (Lipinski definition) is 2. The predicted molar refractivity (Wildman–Crippen MR) is 90.2 cm³/mol. The van der Waals surface area contributed by atoms with E-state index in [1.807, 2.05) is 24.4 Å². The van der Waals surface area contributed by atoms with Gasteiger partial charge < -0.3 is 15.0 Å². The third-order valence-corrected chi connectivity index (χ3v) is 4.07. The first-order chi connectivity index (χ1) is 11.4. The van der Waals surface area contributed by atoms with Crippen LogP contribution in [0.5, 0.6) is 5.75 Å². The highest BCUT2D eigenvalue weighted by atomic mass is 16.5. The Kier molecular flexibility index (Phi) is 3.82. The SMILES string of the molecule is c1ccc(-c2ncc(CNCc3ccc4c(c3)CCO4)[nH]2)cc1. The molecule has 1 aromatic heterocycles. The van der Waals surface area contributed by atoms with Crippen LogP contribution in [0.4, 0.5) is 0 Å². The molecule has 4 rings (SSSR count). The number of H-pyrrole nitrogens is 1. The molecule has 23 heavy (non-hydrogen) atoms. The summed E-state index contributed by atoms with van der Waals surface area (Å²) in [7, 11) is 0. The van der Waals surface area contributed by atoms with Crippen LogP contribution in [0.2, 0.25) is 0 Å². The molecule has 116 valence electrons. The molecule has 3 aromatic rings. The fraction of sp³-hybridized carbons (Fsp3) is 0.211. The maximum absolute atomic E-state index is 5.54. The van der Waals surface area contributed by atoms with Crippen molar-refractivity contribution in [2.45, 2.75) is 19.5 Å². The zero-order valence-electron chi connectivity index (χ0n) is 12.9. The largest absolute Gasteiger partial charge is 0.493 e.